The fraction of sp³-hybridized carbons (Fsp3) is 0.489. The fourth-order valence-electron chi connectivity index (χ4n) is 9.36. The Bertz CT molecular complexity index is 2210. The van der Waals surface area contributed by atoms with Gasteiger partial charge in [0, 0.05) is 79.4 Å². The summed E-state index contributed by atoms with van der Waals surface area (Å²) < 4.78 is 14.7. The molecule has 0 spiro atoms. The summed E-state index contributed by atoms with van der Waals surface area (Å²) in [7, 11) is 3.89. The van der Waals surface area contributed by atoms with Crippen LogP contribution < -0.4 is 11.1 Å². The first-order valence-electron chi connectivity index (χ1n) is 21.0. The second-order valence-electron chi connectivity index (χ2n) is 15.7. The predicted octanol–water partition coefficient (Wildman–Crippen LogP) is 6.17. The standard InChI is InChI=1S/C28H36N6O3.C17H22N2O2/c1-3-37-27(36)25-24(22-6-4-5-7-23(22)32(25)2)20-10-14-34(15-11-20)26(35)21-8-12-33(13-9-21)18-19-16-30-28(29)31-17-19;1-3-21-17(20)16-15(12-8-10-18-11-9-12)13-6-4-5-7-14(13)19(16)2/h4-7,16-17,20-21H,3,8-15,18H2,1-2H3,(H2,29,30,31);4-7,12,18H,3,8-11H2,1-2H3. The topological polar surface area (TPSA) is 150 Å². The van der Waals surface area contributed by atoms with Crippen molar-refractivity contribution in [2.24, 2.45) is 20.0 Å². The molecule has 0 atom stereocenters. The van der Waals surface area contributed by atoms with Crippen molar-refractivity contribution in [2.45, 2.75) is 70.8 Å². The number of hydrogen-bond donors (Lipinski definition) is 2. The van der Waals surface area contributed by atoms with Gasteiger partial charge in [-0.25, -0.2) is 19.6 Å². The van der Waals surface area contributed by atoms with Gasteiger partial charge in [0.2, 0.25) is 11.9 Å². The summed E-state index contributed by atoms with van der Waals surface area (Å²) in [6.45, 7) is 10.5. The number of carbonyl (C=O) groups excluding carboxylic acids is 3. The molecule has 0 unspecified atom stereocenters. The van der Waals surface area contributed by atoms with E-state index < -0.39 is 0 Å². The maximum Gasteiger partial charge on any atom is 0.355 e. The van der Waals surface area contributed by atoms with E-state index in [0.717, 1.165) is 118 Å². The number of aryl methyl sites for hydroxylation is 2. The first-order valence-corrected chi connectivity index (χ1v) is 21.0. The molecule has 0 saturated carbocycles. The van der Waals surface area contributed by atoms with Gasteiger partial charge < -0.3 is 34.6 Å². The largest absolute Gasteiger partial charge is 0.461 e. The van der Waals surface area contributed by atoms with Crippen LogP contribution in [0.25, 0.3) is 21.8 Å². The summed E-state index contributed by atoms with van der Waals surface area (Å²) in [6, 6.07) is 16.4. The van der Waals surface area contributed by atoms with Gasteiger partial charge in [0.25, 0.3) is 0 Å². The zero-order valence-electron chi connectivity index (χ0n) is 34.4. The van der Waals surface area contributed by atoms with Crippen molar-refractivity contribution in [1.82, 2.24) is 34.2 Å². The number of hydrogen-bond acceptors (Lipinski definition) is 10. The number of para-hydroxylation sites is 2. The Kier molecular flexibility index (Phi) is 13.1. The number of benzene rings is 2. The molecule has 3 N–H and O–H groups in total. The van der Waals surface area contributed by atoms with Gasteiger partial charge in [-0.05, 0) is 114 Å². The van der Waals surface area contributed by atoms with Gasteiger partial charge in [0.15, 0.2) is 0 Å². The maximum absolute atomic E-state index is 13.4. The quantitative estimate of drug-likeness (QED) is 0.166. The summed E-state index contributed by atoms with van der Waals surface area (Å²) in [5.74, 6) is 0.807. The second kappa shape index (κ2) is 18.5. The molecule has 13 heteroatoms. The highest BCUT2D eigenvalue weighted by Crippen LogP contribution is 2.39. The lowest BCUT2D eigenvalue weighted by molar-refractivity contribution is -0.138. The third kappa shape index (κ3) is 8.61. The number of ether oxygens (including phenoxy) is 2. The average molecular weight is 791 g/mol. The first kappa shape index (κ1) is 40.9. The molecule has 8 rings (SSSR count). The predicted molar refractivity (Wildman–Crippen MR) is 226 cm³/mol. The minimum atomic E-state index is -0.271. The highest BCUT2D eigenvalue weighted by atomic mass is 16.5. The van der Waals surface area contributed by atoms with Crippen LogP contribution in [0, 0.1) is 5.92 Å². The van der Waals surface area contributed by atoms with E-state index in [1.165, 1.54) is 10.9 Å². The Balaban J connectivity index is 0.000000206. The van der Waals surface area contributed by atoms with Crippen LogP contribution in [0.1, 0.15) is 102 Å². The minimum Gasteiger partial charge on any atom is -0.461 e. The van der Waals surface area contributed by atoms with Gasteiger partial charge in [-0.1, -0.05) is 36.4 Å². The number of rotatable bonds is 9. The molecule has 5 aromatic rings. The van der Waals surface area contributed by atoms with E-state index in [2.05, 4.69) is 38.4 Å². The molecule has 2 aromatic carbocycles. The van der Waals surface area contributed by atoms with Crippen LogP contribution in [0.5, 0.6) is 0 Å². The summed E-state index contributed by atoms with van der Waals surface area (Å²) in [5, 5.41) is 5.69. The molecule has 3 saturated heterocycles. The van der Waals surface area contributed by atoms with Crippen molar-refractivity contribution in [1.29, 1.82) is 0 Å². The number of nitrogens with two attached hydrogens (primary N) is 1. The van der Waals surface area contributed by atoms with E-state index in [1.54, 1.807) is 12.4 Å². The van der Waals surface area contributed by atoms with Crippen LogP contribution in [0.4, 0.5) is 5.95 Å². The Morgan fingerprint density at radius 3 is 1.69 bits per heavy atom. The van der Waals surface area contributed by atoms with Gasteiger partial charge in [0.1, 0.15) is 11.4 Å². The third-order valence-electron chi connectivity index (χ3n) is 12.3. The Hall–Kier alpha value is -5.27. The van der Waals surface area contributed by atoms with E-state index in [9.17, 15) is 14.4 Å². The molecule has 0 radical (unpaired) electrons. The number of nitrogens with one attached hydrogen (secondary N) is 1. The van der Waals surface area contributed by atoms with Crippen LogP contribution in [0.2, 0.25) is 0 Å². The fourth-order valence-corrected chi connectivity index (χ4v) is 9.36. The first-order chi connectivity index (χ1) is 28.2. The number of esters is 2. The lowest BCUT2D eigenvalue weighted by Crippen LogP contribution is -2.45. The number of carbonyl (C=O) groups is 3. The number of nitrogens with zero attached hydrogens (tertiary/aromatic N) is 6. The normalized spacial score (nSPS) is 17.3. The number of nitrogen functional groups attached to an aromatic ring is 1. The zero-order valence-corrected chi connectivity index (χ0v) is 34.4. The zero-order chi connectivity index (χ0) is 40.8. The van der Waals surface area contributed by atoms with Gasteiger partial charge in [0.05, 0.1) is 13.2 Å². The van der Waals surface area contributed by atoms with Crippen LogP contribution in [0.3, 0.4) is 0 Å². The summed E-state index contributed by atoms with van der Waals surface area (Å²) in [6.07, 6.45) is 9.11. The Morgan fingerprint density at radius 1 is 0.707 bits per heavy atom. The number of piperidine rings is 3. The van der Waals surface area contributed by atoms with E-state index >= 15 is 0 Å². The molecule has 3 aliphatic rings. The van der Waals surface area contributed by atoms with Crippen molar-refractivity contribution in [3.8, 4) is 0 Å². The van der Waals surface area contributed by atoms with E-state index in [0.29, 0.717) is 24.8 Å². The number of amides is 1. The van der Waals surface area contributed by atoms with E-state index in [4.69, 9.17) is 15.2 Å². The molecule has 13 nitrogen and oxygen atoms in total. The van der Waals surface area contributed by atoms with E-state index in [1.807, 2.05) is 72.3 Å². The van der Waals surface area contributed by atoms with Crippen molar-refractivity contribution in [3.05, 3.63) is 89.0 Å². The number of anilines is 1. The molecule has 0 aliphatic carbocycles. The van der Waals surface area contributed by atoms with Crippen LogP contribution in [-0.4, -0.2) is 99.2 Å². The molecule has 3 aromatic heterocycles. The summed E-state index contributed by atoms with van der Waals surface area (Å²) >= 11 is 0. The molecule has 6 heterocycles. The molecule has 58 heavy (non-hydrogen) atoms. The number of likely N-dealkylation sites (tertiary alicyclic amines) is 2. The number of fused-ring (bicyclic) bond motifs is 2. The average Bonchev–Trinajstić information content (AvgIpc) is 3.73. The maximum atomic E-state index is 13.4. The monoisotopic (exact) mass is 790 g/mol. The molecule has 308 valence electrons. The van der Waals surface area contributed by atoms with E-state index in [-0.39, 0.29) is 35.6 Å². The lowest BCUT2D eigenvalue weighted by Gasteiger charge is -2.37. The summed E-state index contributed by atoms with van der Waals surface area (Å²) in [5.41, 5.74) is 12.4. The molecule has 1 amide bonds. The second-order valence-corrected chi connectivity index (χ2v) is 15.7. The van der Waals surface area contributed by atoms with Crippen molar-refractivity contribution >= 4 is 45.6 Å². The number of aromatic nitrogens is 4. The molecular formula is C45H58N8O5. The van der Waals surface area contributed by atoms with Gasteiger partial charge in [-0.3, -0.25) is 9.69 Å². The Labute approximate surface area is 340 Å². The highest BCUT2D eigenvalue weighted by molar-refractivity contribution is 6.00. The van der Waals surface area contributed by atoms with Gasteiger partial charge in [-0.2, -0.15) is 0 Å². The summed E-state index contributed by atoms with van der Waals surface area (Å²) in [4.78, 5) is 51.3. The van der Waals surface area contributed by atoms with Crippen LogP contribution in [-0.2, 0) is 34.9 Å². The van der Waals surface area contributed by atoms with Crippen molar-refractivity contribution < 1.29 is 23.9 Å². The Morgan fingerprint density at radius 2 is 1.19 bits per heavy atom. The lowest BCUT2D eigenvalue weighted by atomic mass is 9.86. The van der Waals surface area contributed by atoms with Crippen molar-refractivity contribution in [3.63, 3.8) is 0 Å². The minimum absolute atomic E-state index is 0.0723. The van der Waals surface area contributed by atoms with Gasteiger partial charge in [-0.15, -0.1) is 0 Å². The third-order valence-corrected chi connectivity index (χ3v) is 12.3. The van der Waals surface area contributed by atoms with Gasteiger partial charge >= 0.3 is 11.9 Å². The molecule has 0 bridgehead atoms. The van der Waals surface area contributed by atoms with Crippen LogP contribution in [0.15, 0.2) is 60.9 Å². The SMILES string of the molecule is CCOC(=O)c1c(C2CCN(C(=O)C3CCN(Cc4cnc(N)nc4)CC3)CC2)c2ccccc2n1C.CCOC(=O)c1c(C2CCNCC2)c2ccccc2n1C. The molecule has 3 aliphatic heterocycles. The molecular weight excluding hydrogens is 733 g/mol. The van der Waals surface area contributed by atoms with Crippen LogP contribution >= 0.6 is 0 Å². The van der Waals surface area contributed by atoms with Crippen molar-refractivity contribution in [2.75, 3.05) is 58.2 Å². The molecule has 3 fully saturated rings. The smallest absolute Gasteiger partial charge is 0.355 e. The highest BCUT2D eigenvalue weighted by Gasteiger charge is 2.35.